The van der Waals surface area contributed by atoms with Gasteiger partial charge in [0.25, 0.3) is 0 Å². The fraction of sp³-hybridized carbons (Fsp3) is 0.769. The van der Waals surface area contributed by atoms with Crippen LogP contribution in [-0.4, -0.2) is 16.0 Å². The third kappa shape index (κ3) is 2.03. The normalized spacial score (nSPS) is 38.7. The maximum absolute atomic E-state index is 11.6. The van der Waals surface area contributed by atoms with Gasteiger partial charge in [0.2, 0.25) is 0 Å². The van der Waals surface area contributed by atoms with Crippen LogP contribution in [0.4, 0.5) is 0 Å². The average Bonchev–Trinajstić information content (AvgIpc) is 2.52. The molecule has 0 radical (unpaired) electrons. The highest BCUT2D eigenvalue weighted by atomic mass is 127. The summed E-state index contributed by atoms with van der Waals surface area (Å²) in [6, 6.07) is 0. The van der Waals surface area contributed by atoms with Crippen molar-refractivity contribution in [2.24, 2.45) is 11.8 Å². The molecule has 1 saturated heterocycles. The molecule has 0 aromatic carbocycles. The van der Waals surface area contributed by atoms with Gasteiger partial charge in [-0.3, -0.25) is 4.79 Å². The topological polar surface area (TPSA) is 26.3 Å². The zero-order valence-electron chi connectivity index (χ0n) is 9.58. The molecule has 90 valence electrons. The molecular formula is C13H19IO2. The van der Waals surface area contributed by atoms with Crippen molar-refractivity contribution in [3.8, 4) is 0 Å². The van der Waals surface area contributed by atoms with E-state index >= 15 is 0 Å². The Labute approximate surface area is 111 Å². The number of rotatable bonds is 3. The van der Waals surface area contributed by atoms with Gasteiger partial charge < -0.3 is 4.74 Å². The zero-order chi connectivity index (χ0) is 11.6. The molecule has 1 aliphatic carbocycles. The molecule has 0 spiro atoms. The van der Waals surface area contributed by atoms with E-state index < -0.39 is 0 Å². The predicted molar refractivity (Wildman–Crippen MR) is 72.6 cm³/mol. The van der Waals surface area contributed by atoms with Crippen molar-refractivity contribution in [3.05, 3.63) is 12.7 Å². The average molecular weight is 334 g/mol. The Kier molecular flexibility index (Phi) is 3.93. The molecule has 1 heterocycles. The molecule has 2 rings (SSSR count). The molecule has 2 unspecified atom stereocenters. The van der Waals surface area contributed by atoms with Gasteiger partial charge in [0.15, 0.2) is 0 Å². The second-order valence-corrected chi connectivity index (χ2v) is 5.73. The molecule has 0 aromatic rings. The largest absolute Gasteiger partial charge is 0.458 e. The number of fused-ring (bicyclic) bond motifs is 1. The van der Waals surface area contributed by atoms with Gasteiger partial charge in [0.05, 0.1) is 6.42 Å². The van der Waals surface area contributed by atoms with Crippen LogP contribution in [0.25, 0.3) is 0 Å². The van der Waals surface area contributed by atoms with Crippen molar-refractivity contribution in [2.45, 2.75) is 44.1 Å². The van der Waals surface area contributed by atoms with Gasteiger partial charge in [-0.15, -0.1) is 6.58 Å². The van der Waals surface area contributed by atoms with Crippen LogP contribution in [-0.2, 0) is 9.53 Å². The molecular weight excluding hydrogens is 315 g/mol. The number of carbonyl (C=O) groups excluding carboxylic acids is 1. The third-order valence-electron chi connectivity index (χ3n) is 4.11. The molecule has 1 aliphatic heterocycles. The number of allylic oxidation sites excluding steroid dienone is 1. The summed E-state index contributed by atoms with van der Waals surface area (Å²) < 4.78 is 6.68. The first-order valence-corrected chi connectivity index (χ1v) is 7.64. The molecule has 2 aliphatic rings. The maximum Gasteiger partial charge on any atom is 0.306 e. The Hall–Kier alpha value is -0.0600. The van der Waals surface area contributed by atoms with Crippen molar-refractivity contribution in [2.75, 3.05) is 4.43 Å². The Balaban J connectivity index is 2.28. The number of hydrogen-bond acceptors (Lipinski definition) is 2. The van der Waals surface area contributed by atoms with Crippen molar-refractivity contribution >= 4 is 28.6 Å². The van der Waals surface area contributed by atoms with Gasteiger partial charge in [0.1, 0.15) is 5.60 Å². The number of esters is 1. The lowest BCUT2D eigenvalue weighted by Crippen LogP contribution is -2.44. The van der Waals surface area contributed by atoms with E-state index in [2.05, 4.69) is 29.2 Å². The van der Waals surface area contributed by atoms with Crippen molar-refractivity contribution in [1.29, 1.82) is 0 Å². The highest BCUT2D eigenvalue weighted by Gasteiger charge is 2.53. The molecule has 0 aromatic heterocycles. The summed E-state index contributed by atoms with van der Waals surface area (Å²) in [5.41, 5.74) is -0.178. The molecule has 1 saturated carbocycles. The van der Waals surface area contributed by atoms with Crippen molar-refractivity contribution < 1.29 is 9.53 Å². The SMILES string of the molecule is C=CCC1CCCC[C@H]2CC(=O)OC12CI. The summed E-state index contributed by atoms with van der Waals surface area (Å²) in [6.07, 6.45) is 8.44. The summed E-state index contributed by atoms with van der Waals surface area (Å²) in [5.74, 6) is 0.947. The van der Waals surface area contributed by atoms with E-state index in [9.17, 15) is 4.79 Å². The number of alkyl halides is 1. The lowest BCUT2D eigenvalue weighted by atomic mass is 9.76. The number of ether oxygens (including phenoxy) is 1. The fourth-order valence-electron chi connectivity index (χ4n) is 3.26. The van der Waals surface area contributed by atoms with Crippen molar-refractivity contribution in [3.63, 3.8) is 0 Å². The highest BCUT2D eigenvalue weighted by Crippen LogP contribution is 2.48. The van der Waals surface area contributed by atoms with E-state index in [1.54, 1.807) is 0 Å². The Morgan fingerprint density at radius 1 is 1.50 bits per heavy atom. The summed E-state index contributed by atoms with van der Waals surface area (Å²) in [4.78, 5) is 11.6. The molecule has 0 amide bonds. The van der Waals surface area contributed by atoms with Crippen LogP contribution >= 0.6 is 22.6 Å². The quantitative estimate of drug-likeness (QED) is 0.342. The maximum atomic E-state index is 11.6. The van der Waals surface area contributed by atoms with Gasteiger partial charge in [-0.25, -0.2) is 0 Å². The first kappa shape index (κ1) is 12.4. The Morgan fingerprint density at radius 3 is 2.94 bits per heavy atom. The minimum atomic E-state index is -0.178. The number of halogens is 1. The molecule has 0 N–H and O–H groups in total. The molecule has 16 heavy (non-hydrogen) atoms. The zero-order valence-corrected chi connectivity index (χ0v) is 11.7. The van der Waals surface area contributed by atoms with Gasteiger partial charge >= 0.3 is 5.97 Å². The second-order valence-electron chi connectivity index (χ2n) is 4.97. The lowest BCUT2D eigenvalue weighted by Gasteiger charge is -2.37. The Bertz CT molecular complexity index is 290. The monoisotopic (exact) mass is 334 g/mol. The van der Waals surface area contributed by atoms with Gasteiger partial charge in [-0.2, -0.15) is 0 Å². The molecule has 3 heteroatoms. The van der Waals surface area contributed by atoms with Crippen LogP contribution in [0, 0.1) is 11.8 Å². The van der Waals surface area contributed by atoms with E-state index in [4.69, 9.17) is 4.74 Å². The number of hydrogen-bond donors (Lipinski definition) is 0. The summed E-state index contributed by atoms with van der Waals surface area (Å²) in [5, 5.41) is 0. The van der Waals surface area contributed by atoms with E-state index in [0.29, 0.717) is 18.3 Å². The van der Waals surface area contributed by atoms with Gasteiger partial charge in [-0.05, 0) is 19.3 Å². The van der Waals surface area contributed by atoms with E-state index in [1.807, 2.05) is 6.08 Å². The van der Waals surface area contributed by atoms with E-state index in [0.717, 1.165) is 17.3 Å². The van der Waals surface area contributed by atoms with E-state index in [-0.39, 0.29) is 11.6 Å². The molecule has 3 atom stereocenters. The van der Waals surface area contributed by atoms with Gasteiger partial charge in [0, 0.05) is 16.3 Å². The second kappa shape index (κ2) is 5.07. The first-order valence-electron chi connectivity index (χ1n) is 6.11. The summed E-state index contributed by atoms with van der Waals surface area (Å²) in [7, 11) is 0. The van der Waals surface area contributed by atoms with Crippen LogP contribution in [0.5, 0.6) is 0 Å². The molecule has 2 nitrogen and oxygen atoms in total. The lowest BCUT2D eigenvalue weighted by molar-refractivity contribution is -0.151. The van der Waals surface area contributed by atoms with Crippen LogP contribution < -0.4 is 0 Å². The van der Waals surface area contributed by atoms with Crippen molar-refractivity contribution in [1.82, 2.24) is 0 Å². The van der Waals surface area contributed by atoms with Crippen LogP contribution in [0.2, 0.25) is 0 Å². The summed E-state index contributed by atoms with van der Waals surface area (Å²) >= 11 is 2.39. The predicted octanol–water partition coefficient (Wildman–Crippen LogP) is 3.49. The van der Waals surface area contributed by atoms with Crippen LogP contribution in [0.3, 0.4) is 0 Å². The fourth-order valence-corrected chi connectivity index (χ4v) is 4.67. The van der Waals surface area contributed by atoms with E-state index in [1.165, 1.54) is 19.3 Å². The summed E-state index contributed by atoms with van der Waals surface area (Å²) in [6.45, 7) is 3.84. The standard InChI is InChI=1S/C13H19IO2/c1-2-5-10-6-3-4-7-11-8-12(15)16-13(10,11)9-14/h2,10-11H,1,3-9H2/t10?,11-,13?/m0/s1. The third-order valence-corrected chi connectivity index (χ3v) is 5.31. The highest BCUT2D eigenvalue weighted by molar-refractivity contribution is 14.1. The minimum absolute atomic E-state index is 0.0117. The Morgan fingerprint density at radius 2 is 2.25 bits per heavy atom. The molecule has 0 bridgehead atoms. The molecule has 2 fully saturated rings. The smallest absolute Gasteiger partial charge is 0.306 e. The minimum Gasteiger partial charge on any atom is -0.458 e. The first-order chi connectivity index (χ1) is 7.73. The van der Waals surface area contributed by atoms with Crippen LogP contribution in [0.15, 0.2) is 12.7 Å². The number of carbonyl (C=O) groups is 1. The van der Waals surface area contributed by atoms with Gasteiger partial charge in [-0.1, -0.05) is 41.5 Å². The van der Waals surface area contributed by atoms with Crippen LogP contribution in [0.1, 0.15) is 38.5 Å².